The zero-order chi connectivity index (χ0) is 35.7. The zero-order valence-electron chi connectivity index (χ0n) is 32.7. The molecule has 0 aromatic rings. The summed E-state index contributed by atoms with van der Waals surface area (Å²) < 4.78 is 0. The molecule has 0 saturated carbocycles. The number of hydrogen-bond acceptors (Lipinski definition) is 3. The van der Waals surface area contributed by atoms with E-state index in [1.54, 1.807) is 6.08 Å². The Morgan fingerprint density at radius 3 is 1.18 bits per heavy atom. The van der Waals surface area contributed by atoms with Crippen LogP contribution in [-0.2, 0) is 4.79 Å². The molecule has 0 aliphatic heterocycles. The van der Waals surface area contributed by atoms with Crippen LogP contribution in [0.15, 0.2) is 48.6 Å². The van der Waals surface area contributed by atoms with Crippen molar-refractivity contribution in [2.24, 2.45) is 0 Å². The normalized spacial score (nSPS) is 13.5. The summed E-state index contributed by atoms with van der Waals surface area (Å²) in [6.07, 6.45) is 55.0. The molecule has 0 saturated heterocycles. The van der Waals surface area contributed by atoms with Crippen LogP contribution in [0.4, 0.5) is 0 Å². The third-order valence-electron chi connectivity index (χ3n) is 9.51. The number of aliphatic hydroxyl groups excluding tert-OH is 2. The van der Waals surface area contributed by atoms with E-state index in [-0.39, 0.29) is 12.5 Å². The van der Waals surface area contributed by atoms with Gasteiger partial charge in [0.25, 0.3) is 0 Å². The molecule has 0 aromatic carbocycles. The van der Waals surface area contributed by atoms with Gasteiger partial charge in [0.15, 0.2) is 0 Å². The number of carbonyl (C=O) groups excluding carboxylic acids is 1. The van der Waals surface area contributed by atoms with Gasteiger partial charge in [-0.15, -0.1) is 0 Å². The van der Waals surface area contributed by atoms with Crippen molar-refractivity contribution in [2.45, 2.75) is 225 Å². The summed E-state index contributed by atoms with van der Waals surface area (Å²) in [5, 5.41) is 23.0. The van der Waals surface area contributed by atoms with E-state index in [0.29, 0.717) is 6.42 Å². The average Bonchev–Trinajstić information content (AvgIpc) is 3.10. The number of rotatable bonds is 38. The van der Waals surface area contributed by atoms with Gasteiger partial charge in [-0.1, -0.05) is 184 Å². The van der Waals surface area contributed by atoms with Crippen LogP contribution in [-0.4, -0.2) is 34.9 Å². The van der Waals surface area contributed by atoms with Crippen LogP contribution in [0.1, 0.15) is 213 Å². The van der Waals surface area contributed by atoms with E-state index in [4.69, 9.17) is 0 Å². The maximum Gasteiger partial charge on any atom is 0.220 e. The van der Waals surface area contributed by atoms with Crippen molar-refractivity contribution in [2.75, 3.05) is 6.61 Å². The number of hydrogen-bond donors (Lipinski definition) is 3. The summed E-state index contributed by atoms with van der Waals surface area (Å²) in [7, 11) is 0. The van der Waals surface area contributed by atoms with E-state index in [1.165, 1.54) is 154 Å². The van der Waals surface area contributed by atoms with Gasteiger partial charge in [0.05, 0.1) is 18.8 Å². The van der Waals surface area contributed by atoms with Crippen molar-refractivity contribution < 1.29 is 15.0 Å². The molecule has 0 aliphatic rings. The van der Waals surface area contributed by atoms with Gasteiger partial charge in [-0.3, -0.25) is 4.79 Å². The lowest BCUT2D eigenvalue weighted by molar-refractivity contribution is -0.123. The molecule has 49 heavy (non-hydrogen) atoms. The van der Waals surface area contributed by atoms with Gasteiger partial charge in [0, 0.05) is 6.42 Å². The van der Waals surface area contributed by atoms with Crippen LogP contribution in [0, 0.1) is 0 Å². The summed E-state index contributed by atoms with van der Waals surface area (Å²) >= 11 is 0. The van der Waals surface area contributed by atoms with E-state index in [0.717, 1.165) is 38.5 Å². The van der Waals surface area contributed by atoms with Crippen LogP contribution in [0.5, 0.6) is 0 Å². The highest BCUT2D eigenvalue weighted by Gasteiger charge is 2.17. The molecule has 0 rings (SSSR count). The standard InChI is InChI=1S/C45H83NO3/c1-3-5-7-9-11-13-15-17-19-21-22-23-25-26-28-30-32-34-36-38-40-44(48)43(42-47)46-45(49)41-39-37-35-33-31-29-27-24-20-18-16-14-12-10-8-6-4-2/h18,20,23,25,30,32,38,40,43-44,47-48H,3-17,19,21-22,24,26-29,31,33-37,39,41-42H2,1-2H3,(H,46,49)/b20-18-,25-23+,32-30+,40-38+. The molecule has 0 aliphatic carbocycles. The molecular weight excluding hydrogens is 602 g/mol. The second-order valence-electron chi connectivity index (χ2n) is 14.4. The van der Waals surface area contributed by atoms with E-state index < -0.39 is 12.1 Å². The lowest BCUT2D eigenvalue weighted by atomic mass is 10.1. The predicted molar refractivity (Wildman–Crippen MR) is 216 cm³/mol. The molecule has 0 heterocycles. The van der Waals surface area contributed by atoms with Gasteiger partial charge in [-0.25, -0.2) is 0 Å². The van der Waals surface area contributed by atoms with Crippen LogP contribution in [0.25, 0.3) is 0 Å². The minimum Gasteiger partial charge on any atom is -0.394 e. The molecule has 0 radical (unpaired) electrons. The fraction of sp³-hybridized carbons (Fsp3) is 0.800. The molecule has 286 valence electrons. The Balaban J connectivity index is 3.67. The Kier molecular flexibility index (Phi) is 39.4. The van der Waals surface area contributed by atoms with Crippen molar-refractivity contribution in [3.63, 3.8) is 0 Å². The minimum atomic E-state index is -0.871. The molecule has 4 nitrogen and oxygen atoms in total. The van der Waals surface area contributed by atoms with E-state index in [9.17, 15) is 15.0 Å². The van der Waals surface area contributed by atoms with E-state index >= 15 is 0 Å². The SMILES string of the molecule is CCCCCCCC/C=C\CCCCCCCCCC(=O)NC(CO)C(O)/C=C/CC/C=C/CC/C=C/CCCCCCCCCCCC. The summed E-state index contributed by atoms with van der Waals surface area (Å²) in [6.45, 7) is 4.28. The molecule has 0 aromatic heterocycles. The minimum absolute atomic E-state index is 0.0836. The number of aliphatic hydroxyl groups is 2. The Morgan fingerprint density at radius 1 is 0.469 bits per heavy atom. The fourth-order valence-electron chi connectivity index (χ4n) is 6.20. The average molecular weight is 686 g/mol. The molecule has 2 unspecified atom stereocenters. The Labute approximate surface area is 305 Å². The van der Waals surface area contributed by atoms with Crippen LogP contribution in [0.3, 0.4) is 0 Å². The van der Waals surface area contributed by atoms with Crippen molar-refractivity contribution in [3.8, 4) is 0 Å². The Hall–Kier alpha value is -1.65. The second-order valence-corrected chi connectivity index (χ2v) is 14.4. The van der Waals surface area contributed by atoms with Gasteiger partial charge < -0.3 is 15.5 Å². The molecule has 1 amide bonds. The van der Waals surface area contributed by atoms with E-state index in [2.05, 4.69) is 55.6 Å². The first-order chi connectivity index (χ1) is 24.2. The predicted octanol–water partition coefficient (Wildman–Crippen LogP) is 13.2. The molecule has 0 fully saturated rings. The summed E-state index contributed by atoms with van der Waals surface area (Å²) in [4.78, 5) is 12.4. The van der Waals surface area contributed by atoms with Crippen molar-refractivity contribution in [3.05, 3.63) is 48.6 Å². The smallest absolute Gasteiger partial charge is 0.220 e. The maximum absolute atomic E-state index is 12.4. The molecule has 3 N–H and O–H groups in total. The second kappa shape index (κ2) is 40.8. The molecule has 0 spiro atoms. The van der Waals surface area contributed by atoms with Gasteiger partial charge >= 0.3 is 0 Å². The number of unbranched alkanes of at least 4 members (excludes halogenated alkanes) is 25. The molecule has 2 atom stereocenters. The first kappa shape index (κ1) is 47.4. The summed E-state index contributed by atoms with van der Waals surface area (Å²) in [5.74, 6) is -0.0836. The van der Waals surface area contributed by atoms with Crippen LogP contribution < -0.4 is 5.32 Å². The Morgan fingerprint density at radius 2 is 0.796 bits per heavy atom. The quantitative estimate of drug-likeness (QED) is 0.0447. The van der Waals surface area contributed by atoms with Gasteiger partial charge in [-0.05, 0) is 70.6 Å². The highest BCUT2D eigenvalue weighted by Crippen LogP contribution is 2.13. The van der Waals surface area contributed by atoms with Gasteiger partial charge in [-0.2, -0.15) is 0 Å². The molecule has 4 heteroatoms. The van der Waals surface area contributed by atoms with Crippen LogP contribution in [0.2, 0.25) is 0 Å². The topological polar surface area (TPSA) is 69.6 Å². The molecule has 0 bridgehead atoms. The first-order valence-corrected chi connectivity index (χ1v) is 21.4. The first-order valence-electron chi connectivity index (χ1n) is 21.4. The third-order valence-corrected chi connectivity index (χ3v) is 9.51. The zero-order valence-corrected chi connectivity index (χ0v) is 32.7. The van der Waals surface area contributed by atoms with Crippen molar-refractivity contribution in [1.82, 2.24) is 5.32 Å². The summed E-state index contributed by atoms with van der Waals surface area (Å²) in [6, 6.07) is -0.647. The highest BCUT2D eigenvalue weighted by molar-refractivity contribution is 5.76. The van der Waals surface area contributed by atoms with Crippen LogP contribution >= 0.6 is 0 Å². The lowest BCUT2D eigenvalue weighted by Gasteiger charge is -2.19. The number of allylic oxidation sites excluding steroid dienone is 7. The Bertz CT molecular complexity index is 786. The molecular formula is C45H83NO3. The fourth-order valence-corrected chi connectivity index (χ4v) is 6.20. The van der Waals surface area contributed by atoms with E-state index in [1.807, 2.05) is 6.08 Å². The van der Waals surface area contributed by atoms with Gasteiger partial charge in [0.2, 0.25) is 5.91 Å². The number of carbonyl (C=O) groups is 1. The number of amides is 1. The van der Waals surface area contributed by atoms with Gasteiger partial charge in [0.1, 0.15) is 0 Å². The highest BCUT2D eigenvalue weighted by atomic mass is 16.3. The monoisotopic (exact) mass is 686 g/mol. The maximum atomic E-state index is 12.4. The number of nitrogens with one attached hydrogen (secondary N) is 1. The van der Waals surface area contributed by atoms with Crippen molar-refractivity contribution in [1.29, 1.82) is 0 Å². The van der Waals surface area contributed by atoms with Crippen molar-refractivity contribution >= 4 is 5.91 Å². The third kappa shape index (κ3) is 37.4. The lowest BCUT2D eigenvalue weighted by Crippen LogP contribution is -2.45. The largest absolute Gasteiger partial charge is 0.394 e. The summed E-state index contributed by atoms with van der Waals surface area (Å²) in [5.41, 5.74) is 0.